The number of hydrogen-bond acceptors (Lipinski definition) is 7. The van der Waals surface area contributed by atoms with Gasteiger partial charge in [-0.25, -0.2) is 19.2 Å². The molecule has 13 nitrogen and oxygen atoms in total. The number of halogens is 1. The lowest BCUT2D eigenvalue weighted by molar-refractivity contribution is -0.148. The van der Waals surface area contributed by atoms with Crippen LogP contribution in [0.4, 0.5) is 9.18 Å². The number of rotatable bonds is 12. The highest BCUT2D eigenvalue weighted by Crippen LogP contribution is 2.27. The molecule has 2 aromatic rings. The number of carboxylic acid groups (broad SMARTS) is 2. The monoisotopic (exact) mass is 558 g/mol. The number of aliphatic carboxylic acids is 2. The quantitative estimate of drug-likeness (QED) is 0.327. The van der Waals surface area contributed by atoms with Crippen molar-refractivity contribution in [1.82, 2.24) is 30.1 Å². The topological polar surface area (TPSA) is 175 Å². The van der Waals surface area contributed by atoms with Crippen molar-refractivity contribution < 1.29 is 38.6 Å². The van der Waals surface area contributed by atoms with Crippen molar-refractivity contribution in [2.24, 2.45) is 5.92 Å². The molecule has 0 spiro atoms. The van der Waals surface area contributed by atoms with Crippen molar-refractivity contribution in [3.05, 3.63) is 41.7 Å². The molecule has 2 aliphatic rings. The van der Waals surface area contributed by atoms with E-state index in [1.165, 1.54) is 0 Å². The fraction of sp³-hybridized carbons (Fsp3) is 0.500. The molecule has 3 N–H and O–H groups in total. The summed E-state index contributed by atoms with van der Waals surface area (Å²) < 4.78 is 14.0. The SMILES string of the molecule is O=C(O)CCC(C(=O)O)N1C(=O)N[C@@H](CC2CCN(C(=O)c3ccc(-n4cc(CCCF)nn4)cc3)CC2)C1=O. The van der Waals surface area contributed by atoms with Gasteiger partial charge in [-0.2, -0.15) is 0 Å². The van der Waals surface area contributed by atoms with E-state index in [1.54, 1.807) is 40.0 Å². The molecule has 3 heterocycles. The first-order valence-corrected chi connectivity index (χ1v) is 13.1. The fourth-order valence-electron chi connectivity index (χ4n) is 5.06. The number of nitrogens with zero attached hydrogens (tertiary/aromatic N) is 5. The van der Waals surface area contributed by atoms with Crippen LogP contribution in [0.1, 0.15) is 54.6 Å². The number of alkyl halides is 1. The number of likely N-dealkylation sites (tertiary alicyclic amines) is 1. The van der Waals surface area contributed by atoms with Gasteiger partial charge in [-0.1, -0.05) is 5.21 Å². The Morgan fingerprint density at radius 1 is 1.10 bits per heavy atom. The van der Waals surface area contributed by atoms with Crippen molar-refractivity contribution in [3.63, 3.8) is 0 Å². The zero-order chi connectivity index (χ0) is 28.8. The van der Waals surface area contributed by atoms with Gasteiger partial charge >= 0.3 is 18.0 Å². The molecule has 0 saturated carbocycles. The average molecular weight is 559 g/mol. The number of benzene rings is 1. The molecule has 14 heteroatoms. The number of carbonyl (C=O) groups excluding carboxylic acids is 3. The van der Waals surface area contributed by atoms with Crippen LogP contribution in [-0.4, -0.2) is 96.6 Å². The third kappa shape index (κ3) is 6.61. The molecule has 0 radical (unpaired) electrons. The van der Waals surface area contributed by atoms with Crippen LogP contribution in [0.5, 0.6) is 0 Å². The second kappa shape index (κ2) is 12.7. The Kier molecular flexibility index (Phi) is 9.07. The predicted octanol–water partition coefficient (Wildman–Crippen LogP) is 1.65. The van der Waals surface area contributed by atoms with Gasteiger partial charge in [0.15, 0.2) is 0 Å². The zero-order valence-corrected chi connectivity index (χ0v) is 21.7. The molecular formula is C26H31FN6O7. The number of carbonyl (C=O) groups is 5. The minimum atomic E-state index is -1.55. The van der Waals surface area contributed by atoms with E-state index in [-0.39, 0.29) is 18.2 Å². The molecule has 1 unspecified atom stereocenters. The van der Waals surface area contributed by atoms with E-state index < -0.39 is 49.1 Å². The molecule has 1 aromatic carbocycles. The summed E-state index contributed by atoms with van der Waals surface area (Å²) in [5.41, 5.74) is 1.92. The normalized spacial score (nSPS) is 18.6. The molecule has 214 valence electrons. The highest BCUT2D eigenvalue weighted by atomic mass is 19.1. The van der Waals surface area contributed by atoms with Gasteiger partial charge in [0.1, 0.15) is 12.1 Å². The molecule has 4 rings (SSSR count). The first-order chi connectivity index (χ1) is 19.2. The Bertz CT molecular complexity index is 1260. The highest BCUT2D eigenvalue weighted by molar-refractivity contribution is 6.06. The molecule has 0 bridgehead atoms. The Balaban J connectivity index is 1.29. The lowest BCUT2D eigenvalue weighted by Gasteiger charge is -2.33. The number of imide groups is 1. The Hall–Kier alpha value is -4.36. The predicted molar refractivity (Wildman–Crippen MR) is 136 cm³/mol. The minimum absolute atomic E-state index is 0.0295. The van der Waals surface area contributed by atoms with E-state index in [0.717, 1.165) is 5.69 Å². The number of aromatic nitrogens is 3. The minimum Gasteiger partial charge on any atom is -0.481 e. The van der Waals surface area contributed by atoms with E-state index in [1.807, 2.05) is 0 Å². The smallest absolute Gasteiger partial charge is 0.327 e. The van der Waals surface area contributed by atoms with Gasteiger partial charge in [0.2, 0.25) is 0 Å². The second-order valence-electron chi connectivity index (χ2n) is 9.96. The van der Waals surface area contributed by atoms with Gasteiger partial charge in [0, 0.05) is 25.1 Å². The van der Waals surface area contributed by atoms with E-state index in [9.17, 15) is 33.5 Å². The number of urea groups is 1. The summed E-state index contributed by atoms with van der Waals surface area (Å²) in [6.45, 7) is 0.501. The van der Waals surface area contributed by atoms with Crippen LogP contribution in [0.2, 0.25) is 0 Å². The summed E-state index contributed by atoms with van der Waals surface area (Å²) in [6, 6.07) is 3.64. The number of carboxylic acids is 2. The number of piperidine rings is 1. The number of amides is 4. The maximum absolute atomic E-state index is 13.0. The van der Waals surface area contributed by atoms with Crippen LogP contribution >= 0.6 is 0 Å². The van der Waals surface area contributed by atoms with E-state index >= 15 is 0 Å². The molecule has 2 fully saturated rings. The summed E-state index contributed by atoms with van der Waals surface area (Å²) in [4.78, 5) is 63.1. The second-order valence-corrected chi connectivity index (χ2v) is 9.96. The third-order valence-corrected chi connectivity index (χ3v) is 7.24. The van der Waals surface area contributed by atoms with Crippen LogP contribution < -0.4 is 5.32 Å². The van der Waals surface area contributed by atoms with Gasteiger partial charge in [-0.05, 0) is 68.7 Å². The first kappa shape index (κ1) is 28.6. The molecule has 0 aliphatic carbocycles. The third-order valence-electron chi connectivity index (χ3n) is 7.24. The number of aryl methyl sites for hydroxylation is 1. The maximum atomic E-state index is 13.0. The maximum Gasteiger partial charge on any atom is 0.327 e. The zero-order valence-electron chi connectivity index (χ0n) is 21.7. The van der Waals surface area contributed by atoms with Crippen molar-refractivity contribution in [2.45, 2.75) is 57.0 Å². The lowest BCUT2D eigenvalue weighted by atomic mass is 9.89. The molecule has 40 heavy (non-hydrogen) atoms. The number of nitrogens with one attached hydrogen (secondary N) is 1. The van der Waals surface area contributed by atoms with Gasteiger partial charge in [-0.3, -0.25) is 18.8 Å². The lowest BCUT2D eigenvalue weighted by Crippen LogP contribution is -2.46. The van der Waals surface area contributed by atoms with Crippen LogP contribution in [0.15, 0.2) is 30.5 Å². The first-order valence-electron chi connectivity index (χ1n) is 13.1. The summed E-state index contributed by atoms with van der Waals surface area (Å²) >= 11 is 0. The van der Waals surface area contributed by atoms with Crippen LogP contribution in [0.3, 0.4) is 0 Å². The van der Waals surface area contributed by atoms with Gasteiger partial charge in [0.25, 0.3) is 11.8 Å². The molecule has 2 atom stereocenters. The number of hydrogen-bond donors (Lipinski definition) is 3. The van der Waals surface area contributed by atoms with Crippen molar-refractivity contribution in [1.29, 1.82) is 0 Å². The van der Waals surface area contributed by atoms with Crippen LogP contribution in [0.25, 0.3) is 5.69 Å². The van der Waals surface area contributed by atoms with Crippen molar-refractivity contribution >= 4 is 29.8 Å². The standard InChI is InChI=1S/C26H31FN6O7/c27-11-1-2-18-15-32(30-29-18)19-5-3-17(4-6-19)23(36)31-12-9-16(10-13-31)14-20-24(37)33(26(40)28-20)21(25(38)39)7-8-22(34)35/h3-6,15-16,20-21H,1-2,7-14H2,(H,28,40)(H,34,35)(H,38,39)/t20-,21?/m0/s1. The summed E-state index contributed by atoms with van der Waals surface area (Å²) in [5, 5.41) is 28.9. The van der Waals surface area contributed by atoms with E-state index in [2.05, 4.69) is 15.6 Å². The molecule has 2 saturated heterocycles. The van der Waals surface area contributed by atoms with Crippen molar-refractivity contribution in [3.8, 4) is 5.69 Å². The van der Waals surface area contributed by atoms with Gasteiger partial charge in [-0.15, -0.1) is 5.10 Å². The molecule has 2 aliphatic heterocycles. The summed E-state index contributed by atoms with van der Waals surface area (Å²) in [5.74, 6) is -3.44. The van der Waals surface area contributed by atoms with E-state index in [4.69, 9.17) is 5.11 Å². The Morgan fingerprint density at radius 2 is 1.80 bits per heavy atom. The Labute approximate surface area is 228 Å². The molecular weight excluding hydrogens is 527 g/mol. The van der Waals surface area contributed by atoms with Crippen LogP contribution in [0, 0.1) is 5.92 Å². The fourth-order valence-corrected chi connectivity index (χ4v) is 5.06. The largest absolute Gasteiger partial charge is 0.481 e. The Morgan fingerprint density at radius 3 is 2.42 bits per heavy atom. The van der Waals surface area contributed by atoms with Crippen LogP contribution in [-0.2, 0) is 20.8 Å². The van der Waals surface area contributed by atoms with Crippen molar-refractivity contribution in [2.75, 3.05) is 19.8 Å². The van der Waals surface area contributed by atoms with Gasteiger partial charge < -0.3 is 20.4 Å². The summed E-state index contributed by atoms with van der Waals surface area (Å²) in [7, 11) is 0. The highest BCUT2D eigenvalue weighted by Gasteiger charge is 2.45. The molecule has 4 amide bonds. The van der Waals surface area contributed by atoms with Gasteiger partial charge in [0.05, 0.1) is 24.3 Å². The average Bonchev–Trinajstić information content (AvgIpc) is 3.52. The van der Waals surface area contributed by atoms with E-state index in [0.29, 0.717) is 61.4 Å². The molecule has 1 aromatic heterocycles. The summed E-state index contributed by atoms with van der Waals surface area (Å²) in [6.07, 6.45) is 3.25.